The van der Waals surface area contributed by atoms with E-state index in [0.29, 0.717) is 11.3 Å². The molecule has 5 unspecified atom stereocenters. The monoisotopic (exact) mass is 308 g/mol. The van der Waals surface area contributed by atoms with Gasteiger partial charge in [0.1, 0.15) is 5.94 Å². The topological polar surface area (TPSA) is 17.1 Å². The second-order valence-corrected chi connectivity index (χ2v) is 8.84. The molecule has 0 aromatic heterocycles. The Labute approximate surface area is 140 Å². The van der Waals surface area contributed by atoms with Crippen LogP contribution in [0.2, 0.25) is 0 Å². The van der Waals surface area contributed by atoms with Crippen molar-refractivity contribution in [3.05, 3.63) is 41.0 Å². The Bertz CT molecular complexity index is 687. The van der Waals surface area contributed by atoms with Gasteiger partial charge in [0, 0.05) is 5.57 Å². The van der Waals surface area contributed by atoms with Crippen LogP contribution >= 0.6 is 0 Å². The van der Waals surface area contributed by atoms with Crippen LogP contribution in [0.1, 0.15) is 59.3 Å². The maximum absolute atomic E-state index is 11.1. The molecule has 0 spiro atoms. The molecule has 1 nitrogen and oxygen atoms in total. The maximum atomic E-state index is 11.1. The fourth-order valence-electron chi connectivity index (χ4n) is 6.43. The predicted molar refractivity (Wildman–Crippen MR) is 94.6 cm³/mol. The summed E-state index contributed by atoms with van der Waals surface area (Å²) in [6.07, 6.45) is 11.8. The highest BCUT2D eigenvalue weighted by atomic mass is 16.1. The van der Waals surface area contributed by atoms with Crippen molar-refractivity contribution in [1.29, 1.82) is 0 Å². The first kappa shape index (κ1) is 15.2. The third-order valence-electron chi connectivity index (χ3n) is 7.95. The van der Waals surface area contributed by atoms with Gasteiger partial charge in [-0.3, -0.25) is 0 Å². The van der Waals surface area contributed by atoms with Gasteiger partial charge in [0.25, 0.3) is 0 Å². The zero-order chi connectivity index (χ0) is 16.4. The smallest absolute Gasteiger partial charge is 0.127 e. The lowest BCUT2D eigenvalue weighted by Crippen LogP contribution is -2.48. The van der Waals surface area contributed by atoms with E-state index in [1.165, 1.54) is 42.4 Å². The summed E-state index contributed by atoms with van der Waals surface area (Å²) in [7, 11) is 0. The Hall–Kier alpha value is -1.33. The average molecular weight is 308 g/mol. The minimum absolute atomic E-state index is 0.245. The standard InChI is InChI=1S/C22H28O/c1-14-11-17-18-6-5-15(2)21(18,3)10-8-19(17)22(4)9-7-16(13-23)12-20(14)22/h11-12,17-19H,2,5-10H2,1,3-4H3. The highest BCUT2D eigenvalue weighted by molar-refractivity contribution is 5.61. The van der Waals surface area contributed by atoms with Crippen LogP contribution in [0.15, 0.2) is 41.0 Å². The largest absolute Gasteiger partial charge is 0.233 e. The van der Waals surface area contributed by atoms with Crippen LogP contribution in [0.25, 0.3) is 0 Å². The van der Waals surface area contributed by atoms with E-state index in [0.717, 1.165) is 30.3 Å². The van der Waals surface area contributed by atoms with Gasteiger partial charge in [0.2, 0.25) is 0 Å². The molecule has 2 fully saturated rings. The molecule has 0 aliphatic heterocycles. The molecule has 2 saturated carbocycles. The maximum Gasteiger partial charge on any atom is 0.127 e. The second-order valence-electron chi connectivity index (χ2n) is 8.84. The predicted octanol–water partition coefficient (Wildman–Crippen LogP) is 5.43. The summed E-state index contributed by atoms with van der Waals surface area (Å²) in [4.78, 5) is 11.1. The Morgan fingerprint density at radius 3 is 2.61 bits per heavy atom. The summed E-state index contributed by atoms with van der Waals surface area (Å²) in [6, 6.07) is 0. The van der Waals surface area contributed by atoms with Crippen molar-refractivity contribution >= 4 is 5.94 Å². The highest BCUT2D eigenvalue weighted by Crippen LogP contribution is 2.65. The van der Waals surface area contributed by atoms with Gasteiger partial charge in [-0.15, -0.1) is 0 Å². The number of fused-ring (bicyclic) bond motifs is 5. The van der Waals surface area contributed by atoms with Crippen molar-refractivity contribution in [2.24, 2.45) is 28.6 Å². The van der Waals surface area contributed by atoms with Gasteiger partial charge in [-0.05, 0) is 85.7 Å². The molecule has 0 bridgehead atoms. The molecule has 4 aliphatic rings. The van der Waals surface area contributed by atoms with Crippen molar-refractivity contribution in [1.82, 2.24) is 0 Å². The fraction of sp³-hybridized carbons (Fsp3) is 0.636. The van der Waals surface area contributed by atoms with Crippen molar-refractivity contribution in [2.75, 3.05) is 0 Å². The number of rotatable bonds is 0. The Morgan fingerprint density at radius 2 is 1.87 bits per heavy atom. The molecule has 4 rings (SSSR count). The minimum Gasteiger partial charge on any atom is -0.233 e. The van der Waals surface area contributed by atoms with E-state index < -0.39 is 0 Å². The van der Waals surface area contributed by atoms with Crippen molar-refractivity contribution in [2.45, 2.75) is 59.3 Å². The highest BCUT2D eigenvalue weighted by Gasteiger charge is 2.56. The number of allylic oxidation sites excluding steroid dienone is 6. The molecule has 0 aromatic carbocycles. The van der Waals surface area contributed by atoms with E-state index >= 15 is 0 Å². The lowest BCUT2D eigenvalue weighted by atomic mass is 9.48. The molecule has 0 amide bonds. The van der Waals surface area contributed by atoms with Crippen LogP contribution in [0.5, 0.6) is 0 Å². The molecule has 122 valence electrons. The normalized spacial score (nSPS) is 45.4. The lowest BCUT2D eigenvalue weighted by Gasteiger charge is -2.56. The van der Waals surface area contributed by atoms with Crippen molar-refractivity contribution in [3.8, 4) is 0 Å². The summed E-state index contributed by atoms with van der Waals surface area (Å²) in [6.45, 7) is 11.6. The van der Waals surface area contributed by atoms with Crippen LogP contribution in [0, 0.1) is 28.6 Å². The van der Waals surface area contributed by atoms with Crippen molar-refractivity contribution in [3.63, 3.8) is 0 Å². The summed E-state index contributed by atoms with van der Waals surface area (Å²) >= 11 is 0. The van der Waals surface area contributed by atoms with Gasteiger partial charge >= 0.3 is 0 Å². The van der Waals surface area contributed by atoms with Gasteiger partial charge in [-0.1, -0.05) is 37.6 Å². The molecule has 5 atom stereocenters. The quantitative estimate of drug-likeness (QED) is 0.431. The molecule has 0 heterocycles. The van der Waals surface area contributed by atoms with Crippen LogP contribution in [0.4, 0.5) is 0 Å². The molecular formula is C22H28O. The van der Waals surface area contributed by atoms with Crippen LogP contribution in [-0.2, 0) is 4.79 Å². The van der Waals surface area contributed by atoms with Crippen molar-refractivity contribution < 1.29 is 4.79 Å². The molecule has 0 saturated heterocycles. The minimum atomic E-state index is 0.245. The molecule has 4 aliphatic carbocycles. The van der Waals surface area contributed by atoms with Gasteiger partial charge in [-0.25, -0.2) is 4.79 Å². The molecule has 1 heteroatoms. The zero-order valence-electron chi connectivity index (χ0n) is 14.7. The Morgan fingerprint density at radius 1 is 1.13 bits per heavy atom. The first-order valence-electron chi connectivity index (χ1n) is 9.23. The third kappa shape index (κ3) is 1.89. The van der Waals surface area contributed by atoms with E-state index in [4.69, 9.17) is 0 Å². The summed E-state index contributed by atoms with van der Waals surface area (Å²) < 4.78 is 0. The molecule has 0 N–H and O–H groups in total. The van der Waals surface area contributed by atoms with Crippen LogP contribution < -0.4 is 0 Å². The number of hydrogen-bond acceptors (Lipinski definition) is 1. The van der Waals surface area contributed by atoms with Crippen LogP contribution in [0.3, 0.4) is 0 Å². The summed E-state index contributed by atoms with van der Waals surface area (Å²) in [5.41, 5.74) is 5.78. The second kappa shape index (κ2) is 4.84. The third-order valence-corrected chi connectivity index (χ3v) is 7.95. The number of hydrogen-bond donors (Lipinski definition) is 0. The zero-order valence-corrected chi connectivity index (χ0v) is 14.7. The number of carbonyl (C=O) groups excluding carboxylic acids is 1. The average Bonchev–Trinajstić information content (AvgIpc) is 2.83. The summed E-state index contributed by atoms with van der Waals surface area (Å²) in [5.74, 6) is 4.34. The van der Waals surface area contributed by atoms with Gasteiger partial charge < -0.3 is 0 Å². The van der Waals surface area contributed by atoms with Crippen LogP contribution in [-0.4, -0.2) is 5.94 Å². The SMILES string of the molecule is C=C1CCC2C3C=C(C)C4=CC(=C=O)CCC4(C)C3CCC12C. The lowest BCUT2D eigenvalue weighted by molar-refractivity contribution is 0.0187. The first-order chi connectivity index (χ1) is 10.9. The fourth-order valence-corrected chi connectivity index (χ4v) is 6.43. The first-order valence-corrected chi connectivity index (χ1v) is 9.23. The van der Waals surface area contributed by atoms with E-state index in [9.17, 15) is 4.79 Å². The van der Waals surface area contributed by atoms with Gasteiger partial charge in [0.15, 0.2) is 0 Å². The van der Waals surface area contributed by atoms with E-state index in [-0.39, 0.29) is 5.41 Å². The Kier molecular flexibility index (Phi) is 3.20. The molecule has 23 heavy (non-hydrogen) atoms. The van der Waals surface area contributed by atoms with E-state index in [1.807, 2.05) is 0 Å². The van der Waals surface area contributed by atoms with Gasteiger partial charge in [0.05, 0.1) is 0 Å². The molecular weight excluding hydrogens is 280 g/mol. The van der Waals surface area contributed by atoms with Gasteiger partial charge in [-0.2, -0.15) is 0 Å². The Balaban J connectivity index is 1.82. The molecule has 0 radical (unpaired) electrons. The molecule has 0 aromatic rings. The summed E-state index contributed by atoms with van der Waals surface area (Å²) in [5, 5.41) is 0. The van der Waals surface area contributed by atoms with E-state index in [1.54, 1.807) is 0 Å². The van der Waals surface area contributed by atoms with E-state index in [2.05, 4.69) is 45.4 Å².